The van der Waals surface area contributed by atoms with Gasteiger partial charge in [-0.15, -0.1) is 0 Å². The number of fused-ring (bicyclic) bond motifs is 1. The summed E-state index contributed by atoms with van der Waals surface area (Å²) in [6.45, 7) is 1.34. The van der Waals surface area contributed by atoms with Gasteiger partial charge in [-0.2, -0.15) is 0 Å². The molecule has 0 spiro atoms. The summed E-state index contributed by atoms with van der Waals surface area (Å²) in [7, 11) is 0. The summed E-state index contributed by atoms with van der Waals surface area (Å²) in [6.07, 6.45) is 4.39. The molecule has 4 nitrogen and oxygen atoms in total. The molecule has 0 bridgehead atoms. The Morgan fingerprint density at radius 2 is 2.43 bits per heavy atom. The zero-order chi connectivity index (χ0) is 9.97. The maximum absolute atomic E-state index is 10.6. The number of carbonyl (C=O) groups excluding carboxylic acids is 1. The first-order valence-corrected chi connectivity index (χ1v) is 4.58. The van der Waals surface area contributed by atoms with E-state index < -0.39 is 5.97 Å². The minimum Gasteiger partial charge on any atom is -0.469 e. The summed E-state index contributed by atoms with van der Waals surface area (Å²) in [5.41, 5.74) is 1.77. The third-order valence-electron chi connectivity index (χ3n) is 2.16. The van der Waals surface area contributed by atoms with Crippen LogP contribution in [0.1, 0.15) is 31.1 Å². The van der Waals surface area contributed by atoms with Crippen LogP contribution < -0.4 is 0 Å². The first-order valence-electron chi connectivity index (χ1n) is 4.58. The van der Waals surface area contributed by atoms with Crippen molar-refractivity contribution in [1.29, 1.82) is 0 Å². The van der Waals surface area contributed by atoms with Crippen LogP contribution in [0.15, 0.2) is 21.9 Å². The Morgan fingerprint density at radius 1 is 1.57 bits per heavy atom. The van der Waals surface area contributed by atoms with Gasteiger partial charge in [0.15, 0.2) is 0 Å². The average Bonchev–Trinajstić information content (AvgIpc) is 2.62. The Balaban J connectivity index is 2.23. The largest absolute Gasteiger partial charge is 0.469 e. The van der Waals surface area contributed by atoms with Gasteiger partial charge in [-0.05, 0) is 18.9 Å². The van der Waals surface area contributed by atoms with Crippen molar-refractivity contribution in [3.63, 3.8) is 0 Å². The fourth-order valence-electron chi connectivity index (χ4n) is 1.56. The van der Waals surface area contributed by atoms with E-state index in [1.54, 1.807) is 6.26 Å². The van der Waals surface area contributed by atoms with Crippen molar-refractivity contribution < 1.29 is 14.0 Å². The van der Waals surface area contributed by atoms with Gasteiger partial charge in [0.05, 0.1) is 12.0 Å². The lowest BCUT2D eigenvalue weighted by Gasteiger charge is -2.10. The van der Waals surface area contributed by atoms with Gasteiger partial charge in [-0.1, -0.05) is 5.16 Å². The number of nitrogens with zero attached hydrogens (tertiary/aromatic N) is 1. The van der Waals surface area contributed by atoms with E-state index in [0.717, 1.165) is 36.3 Å². The number of aryl methyl sites for hydroxylation is 1. The molecule has 0 radical (unpaired) electrons. The summed E-state index contributed by atoms with van der Waals surface area (Å²) >= 11 is 0. The molecule has 1 aliphatic carbocycles. The Bertz CT molecular complexity index is 378. The van der Waals surface area contributed by atoms with Crippen LogP contribution in [0.5, 0.6) is 0 Å². The third kappa shape index (κ3) is 1.69. The molecule has 1 heterocycles. The highest BCUT2D eigenvalue weighted by Crippen LogP contribution is 2.22. The van der Waals surface area contributed by atoms with E-state index in [1.807, 2.05) is 6.07 Å². The lowest BCUT2D eigenvalue weighted by Crippen LogP contribution is -2.10. The zero-order valence-electron chi connectivity index (χ0n) is 7.95. The van der Waals surface area contributed by atoms with Crippen molar-refractivity contribution in [1.82, 2.24) is 0 Å². The van der Waals surface area contributed by atoms with Crippen LogP contribution in [0.25, 0.3) is 0 Å². The molecule has 0 saturated heterocycles. The Labute approximate surface area is 81.5 Å². The average molecular weight is 193 g/mol. The molecule has 0 atom stereocenters. The molecule has 1 aromatic rings. The van der Waals surface area contributed by atoms with E-state index in [-0.39, 0.29) is 0 Å². The molecule has 0 aromatic carbocycles. The van der Waals surface area contributed by atoms with Crippen LogP contribution >= 0.6 is 0 Å². The smallest absolute Gasteiger partial charge is 0.331 e. The molecular weight excluding hydrogens is 182 g/mol. The second-order valence-electron chi connectivity index (χ2n) is 3.23. The SMILES string of the molecule is CC(=O)ON=C1CCCc2occc21. The molecular formula is C10H11NO3. The third-order valence-corrected chi connectivity index (χ3v) is 2.16. The number of hydrogen-bond acceptors (Lipinski definition) is 4. The summed E-state index contributed by atoms with van der Waals surface area (Å²) in [5, 5.41) is 3.80. The zero-order valence-corrected chi connectivity index (χ0v) is 7.95. The molecule has 0 amide bonds. The lowest BCUT2D eigenvalue weighted by atomic mass is 9.97. The maximum Gasteiger partial charge on any atom is 0.331 e. The van der Waals surface area contributed by atoms with Gasteiger partial charge in [0.25, 0.3) is 0 Å². The van der Waals surface area contributed by atoms with Crippen molar-refractivity contribution in [2.24, 2.45) is 5.16 Å². The van der Waals surface area contributed by atoms with Crippen molar-refractivity contribution in [3.8, 4) is 0 Å². The minimum atomic E-state index is -0.395. The Hall–Kier alpha value is -1.58. The standard InChI is InChI=1S/C10H11NO3/c1-7(12)14-11-9-3-2-4-10-8(9)5-6-13-10/h5-6H,2-4H2,1H3. The van der Waals surface area contributed by atoms with Crippen molar-refractivity contribution in [2.75, 3.05) is 0 Å². The fourth-order valence-corrected chi connectivity index (χ4v) is 1.56. The van der Waals surface area contributed by atoms with E-state index in [9.17, 15) is 4.79 Å². The van der Waals surface area contributed by atoms with E-state index in [0.29, 0.717) is 0 Å². The topological polar surface area (TPSA) is 51.8 Å². The Morgan fingerprint density at radius 3 is 3.21 bits per heavy atom. The van der Waals surface area contributed by atoms with E-state index in [2.05, 4.69) is 9.99 Å². The first-order chi connectivity index (χ1) is 6.77. The molecule has 0 N–H and O–H groups in total. The normalized spacial score (nSPS) is 17.9. The van der Waals surface area contributed by atoms with E-state index in [4.69, 9.17) is 4.42 Å². The maximum atomic E-state index is 10.6. The van der Waals surface area contributed by atoms with Crippen molar-refractivity contribution in [2.45, 2.75) is 26.2 Å². The predicted octanol–water partition coefficient (Wildman–Crippen LogP) is 1.88. The predicted molar refractivity (Wildman–Crippen MR) is 49.9 cm³/mol. The Kier molecular flexibility index (Phi) is 2.35. The highest BCUT2D eigenvalue weighted by atomic mass is 16.7. The van der Waals surface area contributed by atoms with Gasteiger partial charge in [0, 0.05) is 18.9 Å². The second kappa shape index (κ2) is 3.65. The van der Waals surface area contributed by atoms with Gasteiger partial charge < -0.3 is 9.25 Å². The lowest BCUT2D eigenvalue weighted by molar-refractivity contribution is -0.140. The minimum absolute atomic E-state index is 0.395. The molecule has 1 aliphatic rings. The van der Waals surface area contributed by atoms with Crippen LogP contribution in [0.2, 0.25) is 0 Å². The first kappa shape index (κ1) is 8.99. The highest BCUT2D eigenvalue weighted by molar-refractivity contribution is 6.02. The number of furan rings is 1. The van der Waals surface area contributed by atoms with E-state index in [1.165, 1.54) is 6.92 Å². The summed E-state index contributed by atoms with van der Waals surface area (Å²) in [4.78, 5) is 15.2. The number of hydrogen-bond donors (Lipinski definition) is 0. The molecule has 0 saturated carbocycles. The van der Waals surface area contributed by atoms with Gasteiger partial charge >= 0.3 is 5.97 Å². The molecule has 14 heavy (non-hydrogen) atoms. The van der Waals surface area contributed by atoms with Gasteiger partial charge in [-0.25, -0.2) is 4.79 Å². The van der Waals surface area contributed by atoms with Crippen LogP contribution in [-0.4, -0.2) is 11.7 Å². The fraction of sp³-hybridized carbons (Fsp3) is 0.400. The number of rotatable bonds is 1. The monoisotopic (exact) mass is 193 g/mol. The summed E-state index contributed by atoms with van der Waals surface area (Å²) < 4.78 is 5.27. The molecule has 2 rings (SSSR count). The van der Waals surface area contributed by atoms with Crippen molar-refractivity contribution in [3.05, 3.63) is 23.7 Å². The molecule has 0 unspecified atom stereocenters. The highest BCUT2D eigenvalue weighted by Gasteiger charge is 2.18. The van der Waals surface area contributed by atoms with Crippen LogP contribution in [0.3, 0.4) is 0 Å². The number of oxime groups is 1. The quantitative estimate of drug-likeness (QED) is 0.505. The summed E-state index contributed by atoms with van der Waals surface area (Å²) in [5.74, 6) is 0.537. The van der Waals surface area contributed by atoms with Gasteiger partial charge in [0.1, 0.15) is 5.76 Å². The molecule has 4 heteroatoms. The molecule has 1 aromatic heterocycles. The van der Waals surface area contributed by atoms with Crippen molar-refractivity contribution >= 4 is 11.7 Å². The van der Waals surface area contributed by atoms with Gasteiger partial charge in [-0.3, -0.25) is 0 Å². The van der Waals surface area contributed by atoms with E-state index >= 15 is 0 Å². The van der Waals surface area contributed by atoms with Crippen LogP contribution in [-0.2, 0) is 16.1 Å². The van der Waals surface area contributed by atoms with Gasteiger partial charge in [0.2, 0.25) is 0 Å². The summed E-state index contributed by atoms with van der Waals surface area (Å²) in [6, 6.07) is 1.86. The van der Waals surface area contributed by atoms with Crippen LogP contribution in [0, 0.1) is 0 Å². The molecule has 74 valence electrons. The van der Waals surface area contributed by atoms with Crippen LogP contribution in [0.4, 0.5) is 0 Å². The molecule has 0 aliphatic heterocycles. The number of carbonyl (C=O) groups is 1. The molecule has 0 fully saturated rings. The second-order valence-corrected chi connectivity index (χ2v) is 3.23.